The molecular formula is C36H27ClN2O2. The van der Waals surface area contributed by atoms with E-state index in [1.54, 1.807) is 0 Å². The summed E-state index contributed by atoms with van der Waals surface area (Å²) >= 11 is 6.10. The van der Waals surface area contributed by atoms with Crippen LogP contribution in [0.25, 0.3) is 33.3 Å². The van der Waals surface area contributed by atoms with Gasteiger partial charge in [0, 0.05) is 21.7 Å². The topological polar surface area (TPSA) is 51.2 Å². The first-order valence-electron chi connectivity index (χ1n) is 13.4. The van der Waals surface area contributed by atoms with Gasteiger partial charge < -0.3 is 10.1 Å². The number of aromatic nitrogens is 1. The fourth-order valence-electron chi connectivity index (χ4n) is 4.92. The van der Waals surface area contributed by atoms with Gasteiger partial charge in [-0.2, -0.15) is 0 Å². The minimum absolute atomic E-state index is 0.206. The number of carbonyl (C=O) groups is 1. The summed E-state index contributed by atoms with van der Waals surface area (Å²) in [6.07, 6.45) is 0. The molecule has 4 nitrogen and oxygen atoms in total. The molecule has 0 saturated carbocycles. The zero-order valence-electron chi connectivity index (χ0n) is 22.7. The van der Waals surface area contributed by atoms with Gasteiger partial charge in [0.2, 0.25) is 0 Å². The van der Waals surface area contributed by atoms with Gasteiger partial charge in [-0.3, -0.25) is 4.79 Å². The number of anilines is 1. The van der Waals surface area contributed by atoms with Crippen LogP contribution in [0.2, 0.25) is 5.02 Å². The van der Waals surface area contributed by atoms with E-state index >= 15 is 0 Å². The molecule has 200 valence electrons. The van der Waals surface area contributed by atoms with E-state index in [2.05, 4.69) is 23.5 Å². The maximum Gasteiger partial charge on any atom is 0.256 e. The van der Waals surface area contributed by atoms with Crippen LogP contribution < -0.4 is 10.1 Å². The van der Waals surface area contributed by atoms with Gasteiger partial charge in [-0.05, 0) is 91.2 Å². The highest BCUT2D eigenvalue weighted by atomic mass is 35.5. The van der Waals surface area contributed by atoms with Gasteiger partial charge >= 0.3 is 0 Å². The molecule has 41 heavy (non-hydrogen) atoms. The third-order valence-corrected chi connectivity index (χ3v) is 7.19. The van der Waals surface area contributed by atoms with Gasteiger partial charge in [-0.15, -0.1) is 0 Å². The molecule has 5 aromatic carbocycles. The zero-order chi connectivity index (χ0) is 28.3. The Morgan fingerprint density at radius 3 is 2.00 bits per heavy atom. The largest absolute Gasteiger partial charge is 0.457 e. The number of pyridine rings is 1. The second-order valence-electron chi connectivity index (χ2n) is 10.0. The van der Waals surface area contributed by atoms with Gasteiger partial charge in [0.05, 0.1) is 16.8 Å². The van der Waals surface area contributed by atoms with E-state index in [9.17, 15) is 4.79 Å². The standard InChI is InChI=1S/C36H27ClN2O2/c1-23-20-24(2)35-32(21-23)33(22-34(39-35)27-8-12-28(37)13-9-27)36(40)38-29-14-18-31(19-15-29)41-30-16-10-26(11-17-30)25-6-4-3-5-7-25/h3-22H,1-2H3,(H,38,40). The highest BCUT2D eigenvalue weighted by Gasteiger charge is 2.16. The van der Waals surface area contributed by atoms with Crippen molar-refractivity contribution in [3.63, 3.8) is 0 Å². The van der Waals surface area contributed by atoms with Crippen LogP contribution in [0.15, 0.2) is 121 Å². The van der Waals surface area contributed by atoms with Crippen molar-refractivity contribution in [2.75, 3.05) is 5.32 Å². The number of hydrogen-bond acceptors (Lipinski definition) is 3. The van der Waals surface area contributed by atoms with Crippen LogP contribution in [0.4, 0.5) is 5.69 Å². The normalized spacial score (nSPS) is 10.9. The molecule has 0 aliphatic rings. The summed E-state index contributed by atoms with van der Waals surface area (Å²) < 4.78 is 6.04. The minimum atomic E-state index is -0.206. The summed E-state index contributed by atoms with van der Waals surface area (Å²) in [5.41, 5.74) is 8.02. The first-order valence-corrected chi connectivity index (χ1v) is 13.7. The molecule has 6 aromatic rings. The van der Waals surface area contributed by atoms with E-state index in [1.807, 2.05) is 117 Å². The van der Waals surface area contributed by atoms with Crippen LogP contribution >= 0.6 is 11.6 Å². The van der Waals surface area contributed by atoms with Crippen LogP contribution in [0, 0.1) is 13.8 Å². The van der Waals surface area contributed by atoms with Crippen molar-refractivity contribution in [2.24, 2.45) is 0 Å². The van der Waals surface area contributed by atoms with Crippen LogP contribution in [0.5, 0.6) is 11.5 Å². The molecule has 0 atom stereocenters. The lowest BCUT2D eigenvalue weighted by Gasteiger charge is -2.13. The van der Waals surface area contributed by atoms with Gasteiger partial charge in [-0.1, -0.05) is 77.8 Å². The number of nitrogens with one attached hydrogen (secondary N) is 1. The number of nitrogens with zero attached hydrogens (tertiary/aromatic N) is 1. The lowest BCUT2D eigenvalue weighted by molar-refractivity contribution is 0.102. The van der Waals surface area contributed by atoms with Crippen molar-refractivity contribution in [1.29, 1.82) is 0 Å². The average molecular weight is 555 g/mol. The second kappa shape index (κ2) is 11.3. The molecule has 1 heterocycles. The molecule has 0 aliphatic heterocycles. The summed E-state index contributed by atoms with van der Waals surface area (Å²) in [7, 11) is 0. The van der Waals surface area contributed by atoms with Gasteiger partial charge in [0.25, 0.3) is 5.91 Å². The van der Waals surface area contributed by atoms with Crippen LogP contribution in [-0.2, 0) is 0 Å². The lowest BCUT2D eigenvalue weighted by Crippen LogP contribution is -2.13. The highest BCUT2D eigenvalue weighted by molar-refractivity contribution is 6.30. The number of amides is 1. The fourth-order valence-corrected chi connectivity index (χ4v) is 5.05. The Kier molecular flexibility index (Phi) is 7.24. The number of benzene rings is 5. The lowest BCUT2D eigenvalue weighted by atomic mass is 9.99. The Morgan fingerprint density at radius 2 is 1.32 bits per heavy atom. The van der Waals surface area contributed by atoms with Crippen molar-refractivity contribution < 1.29 is 9.53 Å². The molecule has 0 bridgehead atoms. The maximum absolute atomic E-state index is 13.6. The smallest absolute Gasteiger partial charge is 0.256 e. The molecule has 0 radical (unpaired) electrons. The molecular weight excluding hydrogens is 528 g/mol. The molecule has 6 rings (SSSR count). The number of hydrogen-bond donors (Lipinski definition) is 1. The predicted octanol–water partition coefficient (Wildman–Crippen LogP) is 9.88. The number of carbonyl (C=O) groups excluding carboxylic acids is 1. The van der Waals surface area contributed by atoms with Crippen molar-refractivity contribution in [2.45, 2.75) is 13.8 Å². The maximum atomic E-state index is 13.6. The van der Waals surface area contributed by atoms with Crippen LogP contribution in [0.3, 0.4) is 0 Å². The third kappa shape index (κ3) is 5.84. The third-order valence-electron chi connectivity index (χ3n) is 6.94. The van der Waals surface area contributed by atoms with E-state index < -0.39 is 0 Å². The van der Waals surface area contributed by atoms with E-state index in [0.29, 0.717) is 27.7 Å². The van der Waals surface area contributed by atoms with E-state index in [0.717, 1.165) is 44.5 Å². The minimum Gasteiger partial charge on any atom is -0.457 e. The van der Waals surface area contributed by atoms with Gasteiger partial charge in [0.15, 0.2) is 0 Å². The molecule has 0 spiro atoms. The Labute approximate surface area is 244 Å². The Hall–Kier alpha value is -4.93. The molecule has 1 aromatic heterocycles. The molecule has 0 unspecified atom stereocenters. The number of ether oxygens (including phenoxy) is 1. The molecule has 1 N–H and O–H groups in total. The first kappa shape index (κ1) is 26.3. The SMILES string of the molecule is Cc1cc(C)c2nc(-c3ccc(Cl)cc3)cc(C(=O)Nc3ccc(Oc4ccc(-c5ccccc5)cc4)cc3)c2c1. The summed E-state index contributed by atoms with van der Waals surface area (Å²) in [6.45, 7) is 4.04. The second-order valence-corrected chi connectivity index (χ2v) is 10.4. The zero-order valence-corrected chi connectivity index (χ0v) is 23.4. The average Bonchev–Trinajstić information content (AvgIpc) is 2.99. The summed E-state index contributed by atoms with van der Waals surface area (Å²) in [6, 6.07) is 39.0. The van der Waals surface area contributed by atoms with E-state index in [1.165, 1.54) is 0 Å². The quantitative estimate of drug-likeness (QED) is 0.223. The van der Waals surface area contributed by atoms with Crippen LogP contribution in [-0.4, -0.2) is 10.9 Å². The molecule has 0 fully saturated rings. The summed E-state index contributed by atoms with van der Waals surface area (Å²) in [5.74, 6) is 1.22. The highest BCUT2D eigenvalue weighted by Crippen LogP contribution is 2.30. The van der Waals surface area contributed by atoms with Crippen molar-refractivity contribution in [1.82, 2.24) is 4.98 Å². The molecule has 0 saturated heterocycles. The van der Waals surface area contributed by atoms with Crippen LogP contribution in [0.1, 0.15) is 21.5 Å². The Morgan fingerprint density at radius 1 is 0.707 bits per heavy atom. The van der Waals surface area contributed by atoms with Crippen molar-refractivity contribution in [3.8, 4) is 33.9 Å². The Balaban J connectivity index is 1.23. The summed E-state index contributed by atoms with van der Waals surface area (Å²) in [5, 5.41) is 4.52. The molecule has 0 aliphatic carbocycles. The number of fused-ring (bicyclic) bond motifs is 1. The predicted molar refractivity (Wildman–Crippen MR) is 168 cm³/mol. The number of aryl methyl sites for hydroxylation is 2. The molecule has 1 amide bonds. The van der Waals surface area contributed by atoms with Gasteiger partial charge in [0.1, 0.15) is 11.5 Å². The number of halogens is 1. The molecule has 5 heteroatoms. The Bertz CT molecular complexity index is 1850. The van der Waals surface area contributed by atoms with E-state index in [4.69, 9.17) is 21.3 Å². The summed E-state index contributed by atoms with van der Waals surface area (Å²) in [4.78, 5) is 18.5. The number of rotatable bonds is 6. The van der Waals surface area contributed by atoms with Gasteiger partial charge in [-0.25, -0.2) is 4.98 Å². The first-order chi connectivity index (χ1) is 19.9. The fraction of sp³-hybridized carbons (Fsp3) is 0.0556. The van der Waals surface area contributed by atoms with Crippen molar-refractivity contribution in [3.05, 3.63) is 143 Å². The monoisotopic (exact) mass is 554 g/mol. The van der Waals surface area contributed by atoms with Crippen molar-refractivity contribution >= 4 is 34.1 Å². The van der Waals surface area contributed by atoms with E-state index in [-0.39, 0.29) is 5.91 Å².